The molecule has 0 fully saturated rings. The highest BCUT2D eigenvalue weighted by Crippen LogP contribution is 2.35. The fourth-order valence-electron chi connectivity index (χ4n) is 12.3. The lowest BCUT2D eigenvalue weighted by Gasteiger charge is -2.27. The van der Waals surface area contributed by atoms with Crippen molar-refractivity contribution in [2.24, 2.45) is 0 Å². The van der Waals surface area contributed by atoms with Gasteiger partial charge in [-0.2, -0.15) is 0 Å². The van der Waals surface area contributed by atoms with Crippen LogP contribution in [0.1, 0.15) is 90.7 Å². The topological polar surface area (TPSA) is 416 Å². The molecular formula is C81H81N29O2. The van der Waals surface area contributed by atoms with Crippen molar-refractivity contribution in [2.75, 3.05) is 58.2 Å². The molecule has 13 heterocycles. The quantitative estimate of drug-likeness (QED) is 0.0337. The molecule has 0 spiro atoms. The zero-order valence-corrected chi connectivity index (χ0v) is 61.3. The number of benzene rings is 6. The predicted molar refractivity (Wildman–Crippen MR) is 434 cm³/mol. The maximum absolute atomic E-state index is 9.53. The van der Waals surface area contributed by atoms with E-state index in [1.165, 1.54) is 53.9 Å². The van der Waals surface area contributed by atoms with Crippen LogP contribution in [0.2, 0.25) is 0 Å². The van der Waals surface area contributed by atoms with Gasteiger partial charge in [0.2, 0.25) is 0 Å². The number of pyridine rings is 1. The van der Waals surface area contributed by atoms with Crippen molar-refractivity contribution in [1.82, 2.24) is 115 Å². The van der Waals surface area contributed by atoms with Gasteiger partial charge in [0.15, 0.2) is 63.1 Å². The Morgan fingerprint density at radius 1 is 0.393 bits per heavy atom. The van der Waals surface area contributed by atoms with Crippen molar-refractivity contribution in [3.8, 4) is 5.75 Å². The minimum atomic E-state index is -0.220. The molecule has 0 saturated heterocycles. The van der Waals surface area contributed by atoms with Crippen LogP contribution in [-0.2, 0) is 6.42 Å². The molecule has 562 valence electrons. The predicted octanol–water partition coefficient (Wildman–Crippen LogP) is 14.0. The Balaban J connectivity index is 0.000000112. The number of nitrogens with one attached hydrogen (secondary N) is 12. The number of ether oxygens (including phenoxy) is 1. The van der Waals surface area contributed by atoms with Crippen molar-refractivity contribution < 1.29 is 9.84 Å². The van der Waals surface area contributed by atoms with Gasteiger partial charge in [-0.05, 0) is 66.1 Å². The summed E-state index contributed by atoms with van der Waals surface area (Å²) in [7, 11) is 0. The van der Waals surface area contributed by atoms with Gasteiger partial charge in [-0.25, -0.2) is 84.7 Å². The average molecular weight is 1490 g/mol. The van der Waals surface area contributed by atoms with Crippen molar-refractivity contribution in [2.45, 2.75) is 63.7 Å². The molecule has 12 aromatic heterocycles. The summed E-state index contributed by atoms with van der Waals surface area (Å²) >= 11 is 0. The van der Waals surface area contributed by atoms with Crippen LogP contribution in [0.25, 0.3) is 66.9 Å². The second-order valence-electron chi connectivity index (χ2n) is 25.6. The second kappa shape index (κ2) is 37.2. The molecule has 112 heavy (non-hydrogen) atoms. The largest absolute Gasteiger partial charge is 0.493 e. The first-order valence-corrected chi connectivity index (χ1v) is 36.4. The highest BCUT2D eigenvalue weighted by molar-refractivity contribution is 5.87. The summed E-state index contributed by atoms with van der Waals surface area (Å²) in [5.41, 5.74) is 16.5. The number of fused-ring (bicyclic) bond motifs is 7. The summed E-state index contributed by atoms with van der Waals surface area (Å²) < 4.78 is 5.67. The molecule has 31 nitrogen and oxygen atoms in total. The Morgan fingerprint density at radius 2 is 0.812 bits per heavy atom. The molecule has 0 amide bonds. The third kappa shape index (κ3) is 19.0. The van der Waals surface area contributed by atoms with E-state index >= 15 is 0 Å². The normalized spacial score (nSPS) is 13.1. The van der Waals surface area contributed by atoms with Gasteiger partial charge >= 0.3 is 0 Å². The van der Waals surface area contributed by atoms with Gasteiger partial charge in [0.05, 0.1) is 80.9 Å². The molecule has 0 bridgehead atoms. The van der Waals surface area contributed by atoms with Gasteiger partial charge in [-0.3, -0.25) is 0 Å². The van der Waals surface area contributed by atoms with Crippen LogP contribution < -0.4 is 36.6 Å². The third-order valence-corrected chi connectivity index (χ3v) is 18.2. The van der Waals surface area contributed by atoms with E-state index in [4.69, 9.17) is 4.74 Å². The highest BCUT2D eigenvalue weighted by Gasteiger charge is 2.23. The SMILES string of the molecule is CC(CNc1ncnc2nc[nH]c12)c1ccccc1.C[C@@H](Nc1nccc2[nH]cnc12)c1ccccc1.C[C@@H](Nc1ncnc2nc[nH]c12)c1ccccc1.OC[C@@H](Nc1ncnc2nc[nH]c12)c1ccccc1.c1ccc(CCNc2ncnc3nc[nH]c23)cc1.c1ccc2c(c1)OCC[C@H]2Nc1ncnc2nc[nH]c12. The first-order valence-electron chi connectivity index (χ1n) is 36.4. The Labute approximate surface area is 641 Å². The number of para-hydroxylation sites is 1. The molecule has 18 aromatic rings. The third-order valence-electron chi connectivity index (χ3n) is 18.2. The lowest BCUT2D eigenvalue weighted by Crippen LogP contribution is -2.20. The van der Waals surface area contributed by atoms with Crippen LogP contribution in [0.4, 0.5) is 34.9 Å². The Bertz CT molecular complexity index is 5750. The van der Waals surface area contributed by atoms with Crippen LogP contribution in [0.3, 0.4) is 0 Å². The Hall–Kier alpha value is -14.8. The summed E-state index contributed by atoms with van der Waals surface area (Å²) in [5.74, 6) is 5.93. The zero-order chi connectivity index (χ0) is 76.5. The number of hydrogen-bond acceptors (Lipinski definition) is 25. The molecule has 0 saturated carbocycles. The number of H-pyrrole nitrogens is 6. The average Bonchev–Trinajstić information content (AvgIpc) is 1.56. The number of hydrogen-bond donors (Lipinski definition) is 13. The van der Waals surface area contributed by atoms with Gasteiger partial charge in [0.25, 0.3) is 0 Å². The number of aromatic nitrogens is 23. The van der Waals surface area contributed by atoms with E-state index in [-0.39, 0.29) is 30.8 Å². The van der Waals surface area contributed by atoms with E-state index in [9.17, 15) is 5.11 Å². The van der Waals surface area contributed by atoms with E-state index in [0.29, 0.717) is 46.6 Å². The van der Waals surface area contributed by atoms with E-state index in [0.717, 1.165) is 111 Å². The molecule has 31 heteroatoms. The lowest BCUT2D eigenvalue weighted by molar-refractivity contribution is 0.274. The number of rotatable bonds is 20. The van der Waals surface area contributed by atoms with Gasteiger partial charge in [0, 0.05) is 31.3 Å². The van der Waals surface area contributed by atoms with Crippen molar-refractivity contribution >= 4 is 102 Å². The number of aliphatic hydroxyl groups excluding tert-OH is 1. The number of nitrogens with zero attached hydrogens (tertiary/aromatic N) is 17. The summed E-state index contributed by atoms with van der Waals surface area (Å²) in [5, 5.41) is 29.6. The molecule has 0 aliphatic carbocycles. The maximum Gasteiger partial charge on any atom is 0.182 e. The Morgan fingerprint density at radius 3 is 1.34 bits per heavy atom. The smallest absolute Gasteiger partial charge is 0.182 e. The summed E-state index contributed by atoms with van der Waals surface area (Å²) in [6, 6.07) is 61.4. The Kier molecular flexibility index (Phi) is 24.6. The van der Waals surface area contributed by atoms with Gasteiger partial charge < -0.3 is 71.6 Å². The summed E-state index contributed by atoms with van der Waals surface area (Å²) in [6.45, 7) is 8.72. The van der Waals surface area contributed by atoms with E-state index < -0.39 is 0 Å². The summed E-state index contributed by atoms with van der Waals surface area (Å²) in [4.78, 5) is 89.1. The van der Waals surface area contributed by atoms with Gasteiger partial charge in [0.1, 0.15) is 70.5 Å². The fraction of sp³-hybridized carbons (Fsp3) is 0.173. The molecule has 1 aliphatic rings. The van der Waals surface area contributed by atoms with Crippen LogP contribution in [0, 0.1) is 0 Å². The highest BCUT2D eigenvalue weighted by atomic mass is 16.5. The minimum absolute atomic E-state index is 0.0242. The minimum Gasteiger partial charge on any atom is -0.493 e. The molecule has 13 N–H and O–H groups in total. The second-order valence-corrected chi connectivity index (χ2v) is 25.6. The van der Waals surface area contributed by atoms with Crippen LogP contribution >= 0.6 is 0 Å². The molecule has 6 aromatic carbocycles. The molecule has 0 radical (unpaired) electrons. The molecular weight excluding hydrogens is 1410 g/mol. The van der Waals surface area contributed by atoms with E-state index in [1.807, 2.05) is 115 Å². The molecule has 1 unspecified atom stereocenters. The number of aromatic amines is 6. The summed E-state index contributed by atoms with van der Waals surface area (Å²) in [6.07, 6.45) is 20.9. The molecule has 19 rings (SSSR count). The van der Waals surface area contributed by atoms with Crippen molar-refractivity contribution in [3.63, 3.8) is 0 Å². The van der Waals surface area contributed by atoms with Crippen LogP contribution in [-0.4, -0.2) is 146 Å². The standard InChI is InChI=1S/C14H13N5O.C14H15N5.C14H14N4.C13H13N5O.2C13H13N5/c1-2-4-11-9(3-1)10(5-6-20-11)19-14-12-13(16-7-15-12)17-8-18-14;1-10(11-5-3-2-4-6-11)7-15-13-12-14(17-8-16-12)19-9-18-13;1-10(11-5-3-2-4-6-11)18-14-13-12(7-8-15-14)16-9-17-13;19-6-10(9-4-2-1-3-5-9)18-13-11-12(15-7-14-11)16-8-17-13;1-9(10-5-3-2-4-6-10)18-13-11-12(15-7-14-11)16-8-17-13;1-2-4-10(5-3-1)6-7-14-12-11-13(16-8-15-11)18-9-17-12/h1-4,7-8,10H,5-6H2,(H2,15,16,17,18,19);2-6,8-10H,7H2,1H3,(H2,15,16,17,18,19);2-10H,1H3,(H,15,18)(H,16,17);1-5,7-8,10,19H,6H2,(H2,14,15,16,17,18);2-9H,1H3,(H2,14,15,16,17,18);1-5,8-9H,6-7H2,(H2,14,15,16,17,18)/t10-;;2*10-;9-;/m1.111./s1. The molecule has 5 atom stereocenters. The molecule has 1 aliphatic heterocycles. The number of anilines is 6. The van der Waals surface area contributed by atoms with E-state index in [2.05, 4.69) is 234 Å². The number of imidazole rings is 6. The van der Waals surface area contributed by atoms with Crippen molar-refractivity contribution in [1.29, 1.82) is 0 Å². The lowest BCUT2D eigenvalue weighted by atomic mass is 10.0. The van der Waals surface area contributed by atoms with Crippen molar-refractivity contribution in [3.05, 3.63) is 291 Å². The van der Waals surface area contributed by atoms with Gasteiger partial charge in [-0.1, -0.05) is 177 Å². The van der Waals surface area contributed by atoms with E-state index in [1.54, 1.807) is 44.2 Å². The first kappa shape index (κ1) is 74.1. The monoisotopic (exact) mass is 1490 g/mol. The van der Waals surface area contributed by atoms with Crippen LogP contribution in [0.5, 0.6) is 5.75 Å². The van der Waals surface area contributed by atoms with Gasteiger partial charge in [-0.15, -0.1) is 0 Å². The van der Waals surface area contributed by atoms with Crippen LogP contribution in [0.15, 0.2) is 258 Å². The maximum atomic E-state index is 9.53. The number of aliphatic hydroxyl groups is 1. The fourth-order valence-corrected chi connectivity index (χ4v) is 12.3. The first-order chi connectivity index (χ1) is 55.3. The zero-order valence-electron chi connectivity index (χ0n) is 61.3.